The van der Waals surface area contributed by atoms with Crippen LogP contribution in [0.15, 0.2) is 70.3 Å². The first kappa shape index (κ1) is 15.8. The molecule has 0 aliphatic rings. The van der Waals surface area contributed by atoms with Crippen molar-refractivity contribution in [2.24, 2.45) is 0 Å². The molecule has 118 valence electrons. The second-order valence-corrected chi connectivity index (χ2v) is 7.57. The summed E-state index contributed by atoms with van der Waals surface area (Å²) in [5.41, 5.74) is 2.84. The van der Waals surface area contributed by atoms with E-state index >= 15 is 0 Å². The molecule has 1 heterocycles. The fourth-order valence-electron chi connectivity index (χ4n) is 2.19. The highest BCUT2D eigenvalue weighted by molar-refractivity contribution is 8.00. The average molecular weight is 325 g/mol. The van der Waals surface area contributed by atoms with Gasteiger partial charge >= 0.3 is 0 Å². The van der Waals surface area contributed by atoms with Crippen LogP contribution in [-0.2, 0) is 0 Å². The summed E-state index contributed by atoms with van der Waals surface area (Å²) in [5.74, 6) is 0.757. The molecule has 0 saturated heterocycles. The lowest BCUT2D eigenvalue weighted by Crippen LogP contribution is -2.19. The molecular weight excluding hydrogens is 306 g/mol. The molecule has 0 bridgehead atoms. The maximum atomic E-state index is 9.48. The zero-order valence-electron chi connectivity index (χ0n) is 13.2. The maximum absolute atomic E-state index is 9.48. The van der Waals surface area contributed by atoms with Crippen molar-refractivity contribution in [1.29, 1.82) is 0 Å². The Balaban J connectivity index is 2.08. The minimum absolute atomic E-state index is 0.0569. The Kier molecular flexibility index (Phi) is 4.55. The molecule has 0 unspecified atom stereocenters. The third-order valence-corrected chi connectivity index (χ3v) is 4.47. The van der Waals surface area contributed by atoms with Gasteiger partial charge in [-0.2, -0.15) is 0 Å². The number of aromatic nitrogens is 1. The summed E-state index contributed by atoms with van der Waals surface area (Å²) in [6, 6.07) is 20.0. The zero-order valence-corrected chi connectivity index (χ0v) is 14.0. The van der Waals surface area contributed by atoms with E-state index in [2.05, 4.69) is 4.98 Å². The van der Waals surface area contributed by atoms with Crippen LogP contribution >= 0.6 is 11.8 Å². The molecule has 4 heteroatoms. The third kappa shape index (κ3) is 3.66. The van der Waals surface area contributed by atoms with E-state index in [9.17, 15) is 5.11 Å². The number of benzene rings is 2. The van der Waals surface area contributed by atoms with Crippen molar-refractivity contribution in [3.8, 4) is 22.6 Å². The number of hydrogen-bond donors (Lipinski definition) is 1. The highest BCUT2D eigenvalue weighted by Gasteiger charge is 2.24. The number of aliphatic hydroxyl groups excluding tert-OH is 1. The van der Waals surface area contributed by atoms with E-state index in [1.54, 1.807) is 0 Å². The topological polar surface area (TPSA) is 46.3 Å². The van der Waals surface area contributed by atoms with Gasteiger partial charge in [0.15, 0.2) is 5.76 Å². The molecule has 0 aliphatic heterocycles. The van der Waals surface area contributed by atoms with Crippen LogP contribution in [0.4, 0.5) is 0 Å². The molecule has 0 saturated carbocycles. The first-order chi connectivity index (χ1) is 11.1. The van der Waals surface area contributed by atoms with Crippen molar-refractivity contribution in [1.82, 2.24) is 4.98 Å². The number of thioether (sulfide) groups is 1. The summed E-state index contributed by atoms with van der Waals surface area (Å²) in [5, 5.41) is 10.0. The first-order valence-corrected chi connectivity index (χ1v) is 8.32. The lowest BCUT2D eigenvalue weighted by Gasteiger charge is -2.17. The first-order valence-electron chi connectivity index (χ1n) is 7.50. The third-order valence-electron chi connectivity index (χ3n) is 3.44. The van der Waals surface area contributed by atoms with E-state index in [1.165, 1.54) is 11.8 Å². The van der Waals surface area contributed by atoms with Gasteiger partial charge in [0.1, 0.15) is 5.69 Å². The van der Waals surface area contributed by atoms with Gasteiger partial charge in [0.25, 0.3) is 5.22 Å². The number of hydrogen-bond acceptors (Lipinski definition) is 4. The Morgan fingerprint density at radius 3 is 2.09 bits per heavy atom. The standard InChI is InChI=1S/C19H19NO2S/c1-19(2,13-21)23-18-20-16(14-9-5-3-6-10-14)17(22-18)15-11-7-4-8-12-15/h3-12,21H,13H2,1-2H3. The van der Waals surface area contributed by atoms with Gasteiger partial charge in [0.05, 0.1) is 6.61 Å². The fraction of sp³-hybridized carbons (Fsp3) is 0.211. The van der Waals surface area contributed by atoms with Gasteiger partial charge in [-0.1, -0.05) is 72.4 Å². The molecule has 23 heavy (non-hydrogen) atoms. The minimum Gasteiger partial charge on any atom is -0.431 e. The molecular formula is C19H19NO2S. The molecule has 3 nitrogen and oxygen atoms in total. The molecule has 0 aliphatic carbocycles. The Morgan fingerprint density at radius 1 is 0.957 bits per heavy atom. The van der Waals surface area contributed by atoms with Gasteiger partial charge < -0.3 is 9.52 Å². The lowest BCUT2D eigenvalue weighted by atomic mass is 10.1. The van der Waals surface area contributed by atoms with Crippen LogP contribution in [0.1, 0.15) is 13.8 Å². The monoisotopic (exact) mass is 325 g/mol. The van der Waals surface area contributed by atoms with E-state index in [4.69, 9.17) is 4.42 Å². The van der Waals surface area contributed by atoms with Gasteiger partial charge in [-0.15, -0.1) is 0 Å². The van der Waals surface area contributed by atoms with E-state index in [-0.39, 0.29) is 11.4 Å². The Morgan fingerprint density at radius 2 is 1.52 bits per heavy atom. The van der Waals surface area contributed by atoms with Crippen molar-refractivity contribution in [2.45, 2.75) is 23.8 Å². The molecule has 2 aromatic carbocycles. The van der Waals surface area contributed by atoms with Crippen LogP contribution in [0, 0.1) is 0 Å². The summed E-state index contributed by atoms with van der Waals surface area (Å²) in [7, 11) is 0. The lowest BCUT2D eigenvalue weighted by molar-refractivity contribution is 0.264. The van der Waals surface area contributed by atoms with Crippen LogP contribution in [0.2, 0.25) is 0 Å². The molecule has 0 amide bonds. The predicted octanol–water partition coefficient (Wildman–Crippen LogP) is 4.87. The van der Waals surface area contributed by atoms with Crippen LogP contribution in [0.5, 0.6) is 0 Å². The van der Waals surface area contributed by atoms with E-state index in [1.807, 2.05) is 74.5 Å². The summed E-state index contributed by atoms with van der Waals surface area (Å²) in [6.07, 6.45) is 0. The number of aliphatic hydroxyl groups is 1. The van der Waals surface area contributed by atoms with Gasteiger partial charge in [0.2, 0.25) is 0 Å². The number of oxazole rings is 1. The van der Waals surface area contributed by atoms with Crippen LogP contribution < -0.4 is 0 Å². The normalized spacial score (nSPS) is 11.6. The summed E-state index contributed by atoms with van der Waals surface area (Å²) < 4.78 is 5.69. The molecule has 0 fully saturated rings. The quantitative estimate of drug-likeness (QED) is 0.680. The van der Waals surface area contributed by atoms with Crippen molar-refractivity contribution < 1.29 is 9.52 Å². The van der Waals surface area contributed by atoms with Gasteiger partial charge in [-0.3, -0.25) is 0 Å². The van der Waals surface area contributed by atoms with Crippen molar-refractivity contribution >= 4 is 11.8 Å². The van der Waals surface area contributed by atoms with Gasteiger partial charge in [-0.25, -0.2) is 4.98 Å². The molecule has 3 aromatic rings. The van der Waals surface area contributed by atoms with Crippen molar-refractivity contribution in [2.75, 3.05) is 6.61 Å². The van der Waals surface area contributed by atoms with Crippen molar-refractivity contribution in [3.05, 3.63) is 60.7 Å². The molecule has 3 rings (SSSR count). The van der Waals surface area contributed by atoms with Crippen LogP contribution in [0.3, 0.4) is 0 Å². The molecule has 0 spiro atoms. The maximum Gasteiger partial charge on any atom is 0.257 e. The number of rotatable bonds is 5. The average Bonchev–Trinajstić information content (AvgIpc) is 2.99. The smallest absolute Gasteiger partial charge is 0.257 e. The molecule has 0 radical (unpaired) electrons. The minimum atomic E-state index is -0.341. The number of nitrogens with zero attached hydrogens (tertiary/aromatic N) is 1. The molecule has 0 atom stereocenters. The molecule has 1 N–H and O–H groups in total. The Labute approximate surface area is 140 Å². The predicted molar refractivity (Wildman–Crippen MR) is 94.4 cm³/mol. The van der Waals surface area contributed by atoms with Gasteiger partial charge in [0, 0.05) is 15.9 Å². The summed E-state index contributed by atoms with van der Waals surface area (Å²) in [6.45, 7) is 3.99. The zero-order chi connectivity index (χ0) is 16.3. The van der Waals surface area contributed by atoms with Gasteiger partial charge in [-0.05, 0) is 13.8 Å². The van der Waals surface area contributed by atoms with Crippen LogP contribution in [-0.4, -0.2) is 21.4 Å². The van der Waals surface area contributed by atoms with E-state index in [0.717, 1.165) is 22.6 Å². The van der Waals surface area contributed by atoms with Crippen molar-refractivity contribution in [3.63, 3.8) is 0 Å². The Hall–Kier alpha value is -2.04. The SMILES string of the molecule is CC(C)(CO)Sc1nc(-c2ccccc2)c(-c2ccccc2)o1. The Bertz CT molecular complexity index is 710. The summed E-state index contributed by atoms with van der Waals surface area (Å²) >= 11 is 1.44. The molecule has 1 aromatic heterocycles. The summed E-state index contributed by atoms with van der Waals surface area (Å²) in [4.78, 5) is 4.68. The van der Waals surface area contributed by atoms with E-state index < -0.39 is 0 Å². The van der Waals surface area contributed by atoms with Crippen LogP contribution in [0.25, 0.3) is 22.6 Å². The van der Waals surface area contributed by atoms with E-state index in [0.29, 0.717) is 5.22 Å². The second-order valence-electron chi connectivity index (χ2n) is 5.91. The highest BCUT2D eigenvalue weighted by atomic mass is 32.2. The fourth-order valence-corrected chi connectivity index (χ4v) is 2.99. The second kappa shape index (κ2) is 6.60. The highest BCUT2D eigenvalue weighted by Crippen LogP contribution is 2.39. The largest absolute Gasteiger partial charge is 0.431 e.